The highest BCUT2D eigenvalue weighted by atomic mass is 14.7. The van der Waals surface area contributed by atoms with Crippen LogP contribution in [0.5, 0.6) is 0 Å². The lowest BCUT2D eigenvalue weighted by Crippen LogP contribution is -2.20. The minimum Gasteiger partial charge on any atom is -0.328 e. The Morgan fingerprint density at radius 1 is 1.40 bits per heavy atom. The summed E-state index contributed by atoms with van der Waals surface area (Å²) in [5.41, 5.74) is 6.61. The molecule has 1 heteroatoms. The second kappa shape index (κ2) is 1.97. The predicted octanol–water partition coefficient (Wildman–Crippen LogP) is 1.91. The minimum absolute atomic E-state index is 0.457. The molecule has 58 valence electrons. The summed E-state index contributed by atoms with van der Waals surface area (Å²) in [6.45, 7) is 2.16. The van der Waals surface area contributed by atoms with Gasteiger partial charge in [-0.05, 0) is 37.5 Å². The maximum atomic E-state index is 5.85. The van der Waals surface area contributed by atoms with Crippen LogP contribution in [-0.4, -0.2) is 6.04 Å². The molecule has 0 saturated heterocycles. The lowest BCUT2D eigenvalue weighted by Gasteiger charge is -2.09. The van der Waals surface area contributed by atoms with Crippen LogP contribution in [0.4, 0.5) is 0 Å². The van der Waals surface area contributed by atoms with Crippen LogP contribution in [-0.2, 0) is 0 Å². The predicted molar refractivity (Wildman–Crippen MR) is 42.7 cm³/mol. The van der Waals surface area contributed by atoms with E-state index in [-0.39, 0.29) is 0 Å². The van der Waals surface area contributed by atoms with E-state index in [9.17, 15) is 0 Å². The molecule has 0 aromatic rings. The average Bonchev–Trinajstić information content (AvgIpc) is 2.32. The van der Waals surface area contributed by atoms with Crippen LogP contribution >= 0.6 is 0 Å². The first-order valence-electron chi connectivity index (χ1n) is 4.50. The molecular formula is C9H17N. The smallest absolute Gasteiger partial charge is 0.00442 e. The molecule has 0 aromatic heterocycles. The minimum atomic E-state index is 0.457. The second-order valence-electron chi connectivity index (χ2n) is 4.24. The summed E-state index contributed by atoms with van der Waals surface area (Å²) >= 11 is 0. The van der Waals surface area contributed by atoms with Crippen molar-refractivity contribution in [2.75, 3.05) is 0 Å². The summed E-state index contributed by atoms with van der Waals surface area (Å²) < 4.78 is 0. The summed E-state index contributed by atoms with van der Waals surface area (Å²) in [7, 11) is 0. The normalized spacial score (nSPS) is 38.4. The first-order valence-corrected chi connectivity index (χ1v) is 4.50. The van der Waals surface area contributed by atoms with E-state index < -0.39 is 0 Å². The summed E-state index contributed by atoms with van der Waals surface area (Å²) in [6, 6.07) is 0.457. The highest BCUT2D eigenvalue weighted by molar-refractivity contribution is 5.07. The van der Waals surface area contributed by atoms with Gasteiger partial charge in [0, 0.05) is 6.04 Å². The molecule has 10 heavy (non-hydrogen) atoms. The van der Waals surface area contributed by atoms with Crippen molar-refractivity contribution < 1.29 is 0 Å². The van der Waals surface area contributed by atoms with E-state index in [4.69, 9.17) is 5.73 Å². The number of rotatable bonds is 1. The molecule has 2 aliphatic carbocycles. The highest BCUT2D eigenvalue weighted by Gasteiger charge is 2.55. The molecule has 0 amide bonds. The van der Waals surface area contributed by atoms with Gasteiger partial charge in [0.2, 0.25) is 0 Å². The van der Waals surface area contributed by atoms with Gasteiger partial charge in [-0.3, -0.25) is 0 Å². The molecule has 0 bridgehead atoms. The summed E-state index contributed by atoms with van der Waals surface area (Å²) in [5.74, 6) is 0.884. The zero-order valence-electron chi connectivity index (χ0n) is 6.77. The fourth-order valence-electron chi connectivity index (χ4n) is 2.78. The quantitative estimate of drug-likeness (QED) is 0.590. The molecule has 2 unspecified atom stereocenters. The van der Waals surface area contributed by atoms with Gasteiger partial charge in [0.15, 0.2) is 0 Å². The maximum absolute atomic E-state index is 5.85. The molecule has 1 spiro atoms. The summed E-state index contributed by atoms with van der Waals surface area (Å²) in [5, 5.41) is 0. The Balaban J connectivity index is 1.97. The molecule has 2 aliphatic rings. The maximum Gasteiger partial charge on any atom is 0.00442 e. The lowest BCUT2D eigenvalue weighted by molar-refractivity contribution is 0.435. The van der Waals surface area contributed by atoms with Gasteiger partial charge in [-0.15, -0.1) is 0 Å². The number of nitrogens with two attached hydrogens (primary N) is 1. The third-order valence-corrected chi connectivity index (χ3v) is 3.49. The SMILES string of the molecule is CC(N)C1CC12CCCC2. The standard InChI is InChI=1S/C9H17N/c1-7(10)8-6-9(8)4-2-3-5-9/h7-8H,2-6,10H2,1H3. The van der Waals surface area contributed by atoms with E-state index in [1.54, 1.807) is 0 Å². The molecule has 1 nitrogen and oxygen atoms in total. The Bertz CT molecular complexity index is 134. The molecular weight excluding hydrogens is 122 g/mol. The molecule has 0 aromatic carbocycles. The first kappa shape index (κ1) is 6.66. The van der Waals surface area contributed by atoms with Gasteiger partial charge in [-0.1, -0.05) is 12.8 Å². The van der Waals surface area contributed by atoms with Crippen molar-refractivity contribution in [1.82, 2.24) is 0 Å². The summed E-state index contributed by atoms with van der Waals surface area (Å²) in [4.78, 5) is 0. The number of hydrogen-bond acceptors (Lipinski definition) is 1. The Hall–Kier alpha value is -0.0400. The van der Waals surface area contributed by atoms with Crippen molar-refractivity contribution in [2.45, 2.75) is 45.1 Å². The molecule has 2 atom stereocenters. The van der Waals surface area contributed by atoms with Crippen LogP contribution in [0.2, 0.25) is 0 Å². The van der Waals surface area contributed by atoms with Crippen LogP contribution < -0.4 is 5.73 Å². The van der Waals surface area contributed by atoms with Crippen molar-refractivity contribution >= 4 is 0 Å². The van der Waals surface area contributed by atoms with Crippen molar-refractivity contribution in [3.05, 3.63) is 0 Å². The van der Waals surface area contributed by atoms with E-state index in [0.29, 0.717) is 6.04 Å². The molecule has 2 rings (SSSR count). The van der Waals surface area contributed by atoms with Crippen molar-refractivity contribution in [3.63, 3.8) is 0 Å². The third kappa shape index (κ3) is 0.800. The monoisotopic (exact) mass is 139 g/mol. The zero-order valence-corrected chi connectivity index (χ0v) is 6.77. The van der Waals surface area contributed by atoms with Gasteiger partial charge < -0.3 is 5.73 Å². The van der Waals surface area contributed by atoms with Crippen LogP contribution in [0.3, 0.4) is 0 Å². The van der Waals surface area contributed by atoms with Crippen molar-refractivity contribution in [1.29, 1.82) is 0 Å². The molecule has 0 heterocycles. The first-order chi connectivity index (χ1) is 4.75. The van der Waals surface area contributed by atoms with E-state index in [2.05, 4.69) is 6.92 Å². The largest absolute Gasteiger partial charge is 0.328 e. The average molecular weight is 139 g/mol. The van der Waals surface area contributed by atoms with Gasteiger partial charge >= 0.3 is 0 Å². The van der Waals surface area contributed by atoms with Crippen molar-refractivity contribution in [2.24, 2.45) is 17.1 Å². The van der Waals surface area contributed by atoms with E-state index in [1.165, 1.54) is 32.1 Å². The van der Waals surface area contributed by atoms with Crippen LogP contribution in [0.15, 0.2) is 0 Å². The van der Waals surface area contributed by atoms with Gasteiger partial charge in [0.05, 0.1) is 0 Å². The highest BCUT2D eigenvalue weighted by Crippen LogP contribution is 2.63. The fourth-order valence-corrected chi connectivity index (χ4v) is 2.78. The molecule has 0 aliphatic heterocycles. The van der Waals surface area contributed by atoms with Crippen LogP contribution in [0, 0.1) is 11.3 Å². The Morgan fingerprint density at radius 3 is 2.40 bits per heavy atom. The van der Waals surface area contributed by atoms with E-state index in [1.807, 2.05) is 0 Å². The van der Waals surface area contributed by atoms with Gasteiger partial charge in [-0.2, -0.15) is 0 Å². The molecule has 2 N–H and O–H groups in total. The van der Waals surface area contributed by atoms with Crippen molar-refractivity contribution in [3.8, 4) is 0 Å². The van der Waals surface area contributed by atoms with Gasteiger partial charge in [-0.25, -0.2) is 0 Å². The van der Waals surface area contributed by atoms with Gasteiger partial charge in [0.1, 0.15) is 0 Å². The fraction of sp³-hybridized carbons (Fsp3) is 1.00. The van der Waals surface area contributed by atoms with Crippen LogP contribution in [0.1, 0.15) is 39.0 Å². The number of hydrogen-bond donors (Lipinski definition) is 1. The Kier molecular flexibility index (Phi) is 1.31. The Labute approximate surface area is 63.0 Å². The molecule has 0 radical (unpaired) electrons. The van der Waals surface area contributed by atoms with E-state index >= 15 is 0 Å². The third-order valence-electron chi connectivity index (χ3n) is 3.49. The summed E-state index contributed by atoms with van der Waals surface area (Å²) in [6.07, 6.45) is 7.30. The molecule has 2 fully saturated rings. The van der Waals surface area contributed by atoms with E-state index in [0.717, 1.165) is 11.3 Å². The molecule has 2 saturated carbocycles. The van der Waals surface area contributed by atoms with Crippen LogP contribution in [0.25, 0.3) is 0 Å². The van der Waals surface area contributed by atoms with Gasteiger partial charge in [0.25, 0.3) is 0 Å². The Morgan fingerprint density at radius 2 is 2.00 bits per heavy atom. The second-order valence-corrected chi connectivity index (χ2v) is 4.24. The topological polar surface area (TPSA) is 26.0 Å². The zero-order chi connectivity index (χ0) is 7.19. The lowest BCUT2D eigenvalue weighted by atomic mass is 9.99.